The number of hydrogen-bond donors (Lipinski definition) is 2. The van der Waals surface area contributed by atoms with Crippen LogP contribution in [0, 0.1) is 0 Å². The third kappa shape index (κ3) is 2.35. The summed E-state index contributed by atoms with van der Waals surface area (Å²) >= 11 is 0. The fourth-order valence-electron chi connectivity index (χ4n) is 1.69. The standard InChI is InChI=1S/C10H20N4O/c1-4-10(5-2,15-3)9-12-8(6-7-11)13-14-9/h4-7,11H2,1-3H3,(H,12,13,14). The van der Waals surface area contributed by atoms with Gasteiger partial charge in [-0.1, -0.05) is 13.8 Å². The quantitative estimate of drug-likeness (QED) is 0.736. The van der Waals surface area contributed by atoms with E-state index in [4.69, 9.17) is 10.5 Å². The molecule has 0 amide bonds. The summed E-state index contributed by atoms with van der Waals surface area (Å²) in [5.74, 6) is 1.56. The van der Waals surface area contributed by atoms with Gasteiger partial charge in [0.1, 0.15) is 11.4 Å². The molecule has 0 aliphatic rings. The van der Waals surface area contributed by atoms with Crippen molar-refractivity contribution < 1.29 is 4.74 Å². The van der Waals surface area contributed by atoms with Gasteiger partial charge in [0.25, 0.3) is 0 Å². The van der Waals surface area contributed by atoms with Gasteiger partial charge in [0.15, 0.2) is 5.82 Å². The van der Waals surface area contributed by atoms with Crippen molar-refractivity contribution in [1.29, 1.82) is 0 Å². The number of nitrogens with one attached hydrogen (secondary N) is 1. The largest absolute Gasteiger partial charge is 0.370 e. The number of nitrogens with two attached hydrogens (primary N) is 1. The molecule has 0 radical (unpaired) electrons. The predicted octanol–water partition coefficient (Wildman–Crippen LogP) is 0.968. The van der Waals surface area contributed by atoms with E-state index in [0.29, 0.717) is 6.54 Å². The zero-order chi connectivity index (χ0) is 11.3. The molecule has 5 heteroatoms. The van der Waals surface area contributed by atoms with Crippen molar-refractivity contribution in [3.63, 3.8) is 0 Å². The van der Waals surface area contributed by atoms with Gasteiger partial charge in [-0.25, -0.2) is 4.98 Å². The summed E-state index contributed by atoms with van der Waals surface area (Å²) in [6.45, 7) is 4.73. The Labute approximate surface area is 90.4 Å². The summed E-state index contributed by atoms with van der Waals surface area (Å²) in [4.78, 5) is 4.41. The first-order valence-electron chi connectivity index (χ1n) is 5.39. The molecule has 0 atom stereocenters. The summed E-state index contributed by atoms with van der Waals surface area (Å²) in [5, 5.41) is 7.10. The maximum absolute atomic E-state index is 5.54. The first-order chi connectivity index (χ1) is 7.22. The second kappa shape index (κ2) is 5.23. The van der Waals surface area contributed by atoms with Crippen LogP contribution < -0.4 is 5.73 Å². The van der Waals surface area contributed by atoms with E-state index in [1.807, 2.05) is 0 Å². The van der Waals surface area contributed by atoms with E-state index in [2.05, 4.69) is 29.0 Å². The van der Waals surface area contributed by atoms with Gasteiger partial charge in [-0.3, -0.25) is 5.10 Å². The average Bonchev–Trinajstić information content (AvgIpc) is 2.71. The van der Waals surface area contributed by atoms with E-state index in [1.165, 1.54) is 0 Å². The van der Waals surface area contributed by atoms with Gasteiger partial charge in [0.2, 0.25) is 0 Å². The second-order valence-corrected chi connectivity index (χ2v) is 3.55. The average molecular weight is 212 g/mol. The molecular formula is C10H20N4O. The van der Waals surface area contributed by atoms with E-state index in [1.54, 1.807) is 7.11 Å². The van der Waals surface area contributed by atoms with Crippen molar-refractivity contribution in [3.8, 4) is 0 Å². The summed E-state index contributed by atoms with van der Waals surface area (Å²) in [6, 6.07) is 0. The molecule has 0 aromatic carbocycles. The molecule has 1 aromatic heterocycles. The number of hydrogen-bond acceptors (Lipinski definition) is 4. The fraction of sp³-hybridized carbons (Fsp3) is 0.800. The van der Waals surface area contributed by atoms with Crippen LogP contribution >= 0.6 is 0 Å². The van der Waals surface area contributed by atoms with Crippen LogP contribution in [0.2, 0.25) is 0 Å². The van der Waals surface area contributed by atoms with Crippen molar-refractivity contribution in [1.82, 2.24) is 15.2 Å². The number of ether oxygens (including phenoxy) is 1. The molecule has 0 saturated heterocycles. The molecule has 1 aromatic rings. The molecule has 0 saturated carbocycles. The van der Waals surface area contributed by atoms with Crippen molar-refractivity contribution in [2.75, 3.05) is 13.7 Å². The Balaban J connectivity index is 2.91. The van der Waals surface area contributed by atoms with Gasteiger partial charge in [0, 0.05) is 13.5 Å². The highest BCUT2D eigenvalue weighted by atomic mass is 16.5. The normalized spacial score (nSPS) is 12.0. The molecule has 86 valence electrons. The molecule has 15 heavy (non-hydrogen) atoms. The monoisotopic (exact) mass is 212 g/mol. The lowest BCUT2D eigenvalue weighted by atomic mass is 9.96. The summed E-state index contributed by atoms with van der Waals surface area (Å²) in [6.07, 6.45) is 2.44. The molecular weight excluding hydrogens is 192 g/mol. The number of methoxy groups -OCH3 is 1. The van der Waals surface area contributed by atoms with Gasteiger partial charge < -0.3 is 10.5 Å². The van der Waals surface area contributed by atoms with Crippen LogP contribution in [0.25, 0.3) is 0 Å². The molecule has 0 unspecified atom stereocenters. The van der Waals surface area contributed by atoms with Crippen molar-refractivity contribution in [3.05, 3.63) is 11.6 Å². The van der Waals surface area contributed by atoms with Crippen molar-refractivity contribution in [2.45, 2.75) is 38.7 Å². The maximum atomic E-state index is 5.54. The number of nitrogens with zero attached hydrogens (tertiary/aromatic N) is 2. The predicted molar refractivity (Wildman–Crippen MR) is 58.4 cm³/mol. The molecule has 5 nitrogen and oxygen atoms in total. The van der Waals surface area contributed by atoms with Crippen LogP contribution in [-0.2, 0) is 16.8 Å². The fourth-order valence-corrected chi connectivity index (χ4v) is 1.69. The SMILES string of the molecule is CCC(CC)(OC)c1n[nH]c(CCN)n1. The highest BCUT2D eigenvalue weighted by Gasteiger charge is 2.32. The zero-order valence-electron chi connectivity index (χ0n) is 9.71. The highest BCUT2D eigenvalue weighted by Crippen LogP contribution is 2.29. The van der Waals surface area contributed by atoms with Crippen LogP contribution in [0.5, 0.6) is 0 Å². The minimum atomic E-state index is -0.358. The van der Waals surface area contributed by atoms with Crippen molar-refractivity contribution in [2.24, 2.45) is 5.73 Å². The van der Waals surface area contributed by atoms with Gasteiger partial charge in [-0.15, -0.1) is 0 Å². The second-order valence-electron chi connectivity index (χ2n) is 3.55. The Morgan fingerprint density at radius 3 is 2.53 bits per heavy atom. The Hall–Kier alpha value is -0.940. The van der Waals surface area contributed by atoms with Crippen molar-refractivity contribution >= 4 is 0 Å². The molecule has 3 N–H and O–H groups in total. The van der Waals surface area contributed by atoms with Crippen LogP contribution in [0.4, 0.5) is 0 Å². The lowest BCUT2D eigenvalue weighted by Crippen LogP contribution is -2.28. The first kappa shape index (κ1) is 12.1. The molecule has 0 bridgehead atoms. The third-order valence-corrected chi connectivity index (χ3v) is 2.85. The van der Waals surface area contributed by atoms with E-state index < -0.39 is 0 Å². The number of aromatic nitrogens is 3. The van der Waals surface area contributed by atoms with E-state index in [0.717, 1.165) is 30.9 Å². The minimum absolute atomic E-state index is 0.358. The zero-order valence-corrected chi connectivity index (χ0v) is 9.71. The molecule has 0 spiro atoms. The lowest BCUT2D eigenvalue weighted by Gasteiger charge is -2.26. The van der Waals surface area contributed by atoms with E-state index >= 15 is 0 Å². The molecule has 0 aliphatic heterocycles. The van der Waals surface area contributed by atoms with Gasteiger partial charge in [0.05, 0.1) is 0 Å². The van der Waals surface area contributed by atoms with Crippen LogP contribution in [0.15, 0.2) is 0 Å². The summed E-state index contributed by atoms with van der Waals surface area (Å²) < 4.78 is 5.54. The highest BCUT2D eigenvalue weighted by molar-refractivity contribution is 5.02. The number of rotatable bonds is 6. The van der Waals surface area contributed by atoms with E-state index in [-0.39, 0.29) is 5.60 Å². The summed E-state index contributed by atoms with van der Waals surface area (Å²) in [5.41, 5.74) is 5.10. The third-order valence-electron chi connectivity index (χ3n) is 2.85. The summed E-state index contributed by atoms with van der Waals surface area (Å²) in [7, 11) is 1.70. The Morgan fingerprint density at radius 1 is 1.40 bits per heavy atom. The maximum Gasteiger partial charge on any atom is 0.182 e. The van der Waals surface area contributed by atoms with Crippen LogP contribution in [-0.4, -0.2) is 28.8 Å². The Kier molecular flexibility index (Phi) is 4.23. The molecule has 0 fully saturated rings. The lowest BCUT2D eigenvalue weighted by molar-refractivity contribution is -0.0289. The molecule has 1 rings (SSSR count). The number of H-pyrrole nitrogens is 1. The van der Waals surface area contributed by atoms with E-state index in [9.17, 15) is 0 Å². The molecule has 0 aliphatic carbocycles. The minimum Gasteiger partial charge on any atom is -0.370 e. The van der Waals surface area contributed by atoms with Gasteiger partial charge in [-0.05, 0) is 19.4 Å². The van der Waals surface area contributed by atoms with Crippen LogP contribution in [0.3, 0.4) is 0 Å². The van der Waals surface area contributed by atoms with Gasteiger partial charge >= 0.3 is 0 Å². The number of aromatic amines is 1. The smallest absolute Gasteiger partial charge is 0.182 e. The Bertz CT molecular complexity index is 285. The topological polar surface area (TPSA) is 76.8 Å². The van der Waals surface area contributed by atoms with Crippen LogP contribution in [0.1, 0.15) is 38.3 Å². The Morgan fingerprint density at radius 2 is 2.07 bits per heavy atom. The van der Waals surface area contributed by atoms with Gasteiger partial charge in [-0.2, -0.15) is 5.10 Å². The first-order valence-corrected chi connectivity index (χ1v) is 5.39. The molecule has 1 heterocycles.